The number of hydrogen-bond donors (Lipinski definition) is 0. The molecule has 0 amide bonds. The molecule has 2 aromatic carbocycles. The monoisotopic (exact) mass is 280 g/mol. The molecule has 0 saturated heterocycles. The van der Waals surface area contributed by atoms with Crippen molar-refractivity contribution in [2.24, 2.45) is 0 Å². The molecule has 0 heterocycles. The molecule has 0 saturated carbocycles. The van der Waals surface area contributed by atoms with Crippen molar-refractivity contribution in [3.8, 4) is 0 Å². The Balaban J connectivity index is 1.82. The van der Waals surface area contributed by atoms with Gasteiger partial charge in [0.05, 0.1) is 13.2 Å². The number of carbonyl (C=O) groups excluding carboxylic acids is 1. The van der Waals surface area contributed by atoms with E-state index in [1.54, 1.807) is 12.2 Å². The first-order valence-corrected chi connectivity index (χ1v) is 7.06. The molecule has 0 radical (unpaired) electrons. The van der Waals surface area contributed by atoms with Gasteiger partial charge in [0, 0.05) is 5.56 Å². The first-order valence-electron chi connectivity index (χ1n) is 7.06. The third-order valence-electron chi connectivity index (χ3n) is 3.10. The van der Waals surface area contributed by atoms with Gasteiger partial charge in [-0.25, -0.2) is 0 Å². The highest BCUT2D eigenvalue weighted by atomic mass is 16.5. The number of carbonyl (C=O) groups is 1. The van der Waals surface area contributed by atoms with Crippen LogP contribution in [-0.4, -0.2) is 12.4 Å². The molecular weight excluding hydrogens is 260 g/mol. The molecule has 2 heteroatoms. The van der Waals surface area contributed by atoms with Crippen LogP contribution in [0.3, 0.4) is 0 Å². The largest absolute Gasteiger partial charge is 0.373 e. The van der Waals surface area contributed by atoms with Crippen LogP contribution in [0.5, 0.6) is 0 Å². The van der Waals surface area contributed by atoms with Crippen molar-refractivity contribution in [3.63, 3.8) is 0 Å². The van der Waals surface area contributed by atoms with E-state index in [1.807, 2.05) is 56.3 Å². The zero-order valence-corrected chi connectivity index (χ0v) is 12.5. The lowest BCUT2D eigenvalue weighted by Crippen LogP contribution is -1.98. The highest BCUT2D eigenvalue weighted by Crippen LogP contribution is 2.10. The van der Waals surface area contributed by atoms with E-state index in [1.165, 1.54) is 0 Å². The van der Waals surface area contributed by atoms with Gasteiger partial charge in [-0.2, -0.15) is 0 Å². The van der Waals surface area contributed by atoms with E-state index in [-0.39, 0.29) is 5.78 Å². The Hall–Kier alpha value is -2.19. The molecule has 21 heavy (non-hydrogen) atoms. The lowest BCUT2D eigenvalue weighted by atomic mass is 10.0. The minimum absolute atomic E-state index is 0.0186. The summed E-state index contributed by atoms with van der Waals surface area (Å²) in [6.45, 7) is 4.99. The van der Waals surface area contributed by atoms with Crippen molar-refractivity contribution in [2.45, 2.75) is 20.5 Å². The summed E-state index contributed by atoms with van der Waals surface area (Å²) in [7, 11) is 0. The highest BCUT2D eigenvalue weighted by molar-refractivity contribution is 6.04. The third kappa shape index (κ3) is 5.01. The molecule has 108 valence electrons. The van der Waals surface area contributed by atoms with E-state index in [2.05, 4.69) is 6.07 Å². The fraction of sp³-hybridized carbons (Fsp3) is 0.211. The Kier molecular flexibility index (Phi) is 5.47. The third-order valence-corrected chi connectivity index (χ3v) is 3.10. The van der Waals surface area contributed by atoms with E-state index in [9.17, 15) is 4.79 Å². The highest BCUT2D eigenvalue weighted by Gasteiger charge is 2.02. The maximum atomic E-state index is 12.0. The van der Waals surface area contributed by atoms with Gasteiger partial charge in [0.1, 0.15) is 0 Å². The second-order valence-corrected chi connectivity index (χ2v) is 5.14. The normalized spacial score (nSPS) is 11.0. The average molecular weight is 280 g/mol. The minimum Gasteiger partial charge on any atom is -0.373 e. The predicted molar refractivity (Wildman–Crippen MR) is 85.5 cm³/mol. The first-order chi connectivity index (χ1) is 10.1. The minimum atomic E-state index is 0.0186. The summed E-state index contributed by atoms with van der Waals surface area (Å²) in [6, 6.07) is 15.9. The summed E-state index contributed by atoms with van der Waals surface area (Å²) in [5, 5.41) is 0. The number of allylic oxidation sites excluding steroid dienone is 1. The smallest absolute Gasteiger partial charge is 0.185 e. The SMILES string of the molecule is Cc1cc(C)cc(C(=O)/C=C/COCc2ccccc2)c1. The van der Waals surface area contributed by atoms with Crippen LogP contribution in [0.1, 0.15) is 27.0 Å². The molecule has 0 atom stereocenters. The summed E-state index contributed by atoms with van der Waals surface area (Å²) in [5.74, 6) is 0.0186. The topological polar surface area (TPSA) is 26.3 Å². The standard InChI is InChI=1S/C19H20O2/c1-15-11-16(2)13-18(12-15)19(20)9-6-10-21-14-17-7-4-3-5-8-17/h3-9,11-13H,10,14H2,1-2H3/b9-6+. The van der Waals surface area contributed by atoms with Crippen molar-refractivity contribution < 1.29 is 9.53 Å². The first kappa shape index (κ1) is 15.2. The average Bonchev–Trinajstić information content (AvgIpc) is 2.47. The van der Waals surface area contributed by atoms with E-state index in [0.717, 1.165) is 22.3 Å². The van der Waals surface area contributed by atoms with Crippen molar-refractivity contribution in [1.29, 1.82) is 0 Å². The van der Waals surface area contributed by atoms with Gasteiger partial charge in [0.15, 0.2) is 5.78 Å². The van der Waals surface area contributed by atoms with Gasteiger partial charge in [-0.3, -0.25) is 4.79 Å². The molecule has 0 unspecified atom stereocenters. The maximum absolute atomic E-state index is 12.0. The maximum Gasteiger partial charge on any atom is 0.185 e. The quantitative estimate of drug-likeness (QED) is 0.449. The Morgan fingerprint density at radius 1 is 1.05 bits per heavy atom. The molecule has 0 bridgehead atoms. The Bertz CT molecular complexity index is 607. The molecule has 0 aliphatic heterocycles. The number of benzene rings is 2. The number of rotatable bonds is 6. The number of hydrogen-bond acceptors (Lipinski definition) is 2. The van der Waals surface area contributed by atoms with Gasteiger partial charge >= 0.3 is 0 Å². The van der Waals surface area contributed by atoms with Crippen LogP contribution in [0.4, 0.5) is 0 Å². The summed E-state index contributed by atoms with van der Waals surface area (Å²) in [6.07, 6.45) is 3.35. The van der Waals surface area contributed by atoms with Crippen molar-refractivity contribution >= 4 is 5.78 Å². The molecule has 0 N–H and O–H groups in total. The van der Waals surface area contributed by atoms with Crippen molar-refractivity contribution in [3.05, 3.63) is 82.9 Å². The van der Waals surface area contributed by atoms with Gasteiger partial charge in [0.2, 0.25) is 0 Å². The van der Waals surface area contributed by atoms with Gasteiger partial charge in [-0.05, 0) is 37.6 Å². The van der Waals surface area contributed by atoms with Gasteiger partial charge < -0.3 is 4.74 Å². The van der Waals surface area contributed by atoms with E-state index >= 15 is 0 Å². The van der Waals surface area contributed by atoms with Gasteiger partial charge in [-0.15, -0.1) is 0 Å². The van der Waals surface area contributed by atoms with Crippen LogP contribution < -0.4 is 0 Å². The summed E-state index contributed by atoms with van der Waals surface area (Å²) < 4.78 is 5.51. The van der Waals surface area contributed by atoms with E-state index in [4.69, 9.17) is 4.74 Å². The number of aryl methyl sites for hydroxylation is 2. The van der Waals surface area contributed by atoms with E-state index in [0.29, 0.717) is 13.2 Å². The molecule has 2 nitrogen and oxygen atoms in total. The fourth-order valence-corrected chi connectivity index (χ4v) is 2.19. The molecule has 0 fully saturated rings. The van der Waals surface area contributed by atoms with Gasteiger partial charge in [-0.1, -0.05) is 53.6 Å². The van der Waals surface area contributed by atoms with Gasteiger partial charge in [0.25, 0.3) is 0 Å². The van der Waals surface area contributed by atoms with Crippen LogP contribution in [0.25, 0.3) is 0 Å². The Morgan fingerprint density at radius 3 is 2.38 bits per heavy atom. The van der Waals surface area contributed by atoms with Crippen LogP contribution >= 0.6 is 0 Å². The Labute approximate surface area is 126 Å². The summed E-state index contributed by atoms with van der Waals surface area (Å²) in [4.78, 5) is 12.0. The molecular formula is C19H20O2. The molecule has 0 spiro atoms. The summed E-state index contributed by atoms with van der Waals surface area (Å²) in [5.41, 5.74) is 4.07. The molecule has 0 aliphatic carbocycles. The van der Waals surface area contributed by atoms with E-state index < -0.39 is 0 Å². The number of ether oxygens (including phenoxy) is 1. The van der Waals surface area contributed by atoms with Crippen LogP contribution in [0, 0.1) is 13.8 Å². The lowest BCUT2D eigenvalue weighted by molar-refractivity contribution is 0.104. The molecule has 0 aliphatic rings. The zero-order valence-electron chi connectivity index (χ0n) is 12.5. The second kappa shape index (κ2) is 7.55. The second-order valence-electron chi connectivity index (χ2n) is 5.14. The van der Waals surface area contributed by atoms with Crippen LogP contribution in [0.15, 0.2) is 60.7 Å². The predicted octanol–water partition coefficient (Wildman–Crippen LogP) is 4.26. The number of ketones is 1. The molecule has 2 rings (SSSR count). The zero-order chi connectivity index (χ0) is 15.1. The van der Waals surface area contributed by atoms with Crippen LogP contribution in [0.2, 0.25) is 0 Å². The molecule has 2 aromatic rings. The lowest BCUT2D eigenvalue weighted by Gasteiger charge is -2.02. The molecule has 0 aromatic heterocycles. The van der Waals surface area contributed by atoms with Crippen molar-refractivity contribution in [1.82, 2.24) is 0 Å². The summed E-state index contributed by atoms with van der Waals surface area (Å²) >= 11 is 0. The van der Waals surface area contributed by atoms with Crippen LogP contribution in [-0.2, 0) is 11.3 Å². The van der Waals surface area contributed by atoms with Crippen molar-refractivity contribution in [2.75, 3.05) is 6.61 Å². The fourth-order valence-electron chi connectivity index (χ4n) is 2.19. The Morgan fingerprint density at radius 2 is 1.71 bits per heavy atom.